The molecule has 0 unspecified atom stereocenters. The van der Waals surface area contributed by atoms with Crippen molar-refractivity contribution >= 4 is 16.9 Å². The molecule has 1 aromatic carbocycles. The molecule has 0 saturated carbocycles. The summed E-state index contributed by atoms with van der Waals surface area (Å²) < 4.78 is 19.9. The van der Waals surface area contributed by atoms with Gasteiger partial charge in [0.2, 0.25) is 0 Å². The highest BCUT2D eigenvalue weighted by molar-refractivity contribution is 5.88. The number of rotatable bonds is 3. The molecule has 0 saturated heterocycles. The summed E-state index contributed by atoms with van der Waals surface area (Å²) >= 11 is 0. The summed E-state index contributed by atoms with van der Waals surface area (Å²) in [6.45, 7) is 0.189. The van der Waals surface area contributed by atoms with Gasteiger partial charge in [-0.15, -0.1) is 0 Å². The molecular weight excluding hydrogens is 251 g/mol. The molecular formula is C13H9FN2O3. The Morgan fingerprint density at radius 1 is 1.42 bits per heavy atom. The van der Waals surface area contributed by atoms with Gasteiger partial charge in [-0.25, -0.2) is 9.18 Å². The Bertz CT molecular complexity index is 760. The summed E-state index contributed by atoms with van der Waals surface area (Å²) in [4.78, 5) is 11.0. The highest BCUT2D eigenvalue weighted by Crippen LogP contribution is 2.19. The Balaban J connectivity index is 2.03. The van der Waals surface area contributed by atoms with Crippen molar-refractivity contribution in [3.8, 4) is 0 Å². The lowest BCUT2D eigenvalue weighted by Crippen LogP contribution is -2.03. The summed E-state index contributed by atoms with van der Waals surface area (Å²) in [7, 11) is 0. The van der Waals surface area contributed by atoms with Crippen LogP contribution in [0, 0.1) is 5.82 Å². The lowest BCUT2D eigenvalue weighted by Gasteiger charge is -2.03. The number of benzene rings is 1. The average Bonchev–Trinajstić information content (AvgIpc) is 2.97. The first-order valence-corrected chi connectivity index (χ1v) is 5.56. The molecule has 0 fully saturated rings. The van der Waals surface area contributed by atoms with Crippen molar-refractivity contribution in [1.29, 1.82) is 0 Å². The fraction of sp³-hybridized carbons (Fsp3) is 0.0769. The molecule has 3 aromatic rings. The monoisotopic (exact) mass is 260 g/mol. The Morgan fingerprint density at radius 2 is 2.26 bits per heavy atom. The normalized spacial score (nSPS) is 11.0. The van der Waals surface area contributed by atoms with Gasteiger partial charge in [0.25, 0.3) is 0 Å². The van der Waals surface area contributed by atoms with Gasteiger partial charge in [0.1, 0.15) is 11.4 Å². The zero-order valence-corrected chi connectivity index (χ0v) is 9.71. The van der Waals surface area contributed by atoms with Crippen LogP contribution in [-0.2, 0) is 6.54 Å². The lowest BCUT2D eigenvalue weighted by molar-refractivity contribution is 0.0694. The number of hydrogen-bond acceptors (Lipinski definition) is 3. The lowest BCUT2D eigenvalue weighted by atomic mass is 10.2. The molecule has 2 aromatic heterocycles. The van der Waals surface area contributed by atoms with Gasteiger partial charge in [0.05, 0.1) is 18.3 Å². The second kappa shape index (κ2) is 4.24. The van der Waals surface area contributed by atoms with Crippen LogP contribution in [0.4, 0.5) is 4.39 Å². The number of carbonyl (C=O) groups is 1. The van der Waals surface area contributed by atoms with Crippen molar-refractivity contribution in [3.05, 3.63) is 53.8 Å². The fourth-order valence-electron chi connectivity index (χ4n) is 2.00. The van der Waals surface area contributed by atoms with Gasteiger partial charge in [-0.05, 0) is 29.7 Å². The third-order valence-electron chi connectivity index (χ3n) is 2.93. The van der Waals surface area contributed by atoms with Gasteiger partial charge in [0, 0.05) is 6.20 Å². The number of aromatic nitrogens is 2. The van der Waals surface area contributed by atoms with Crippen molar-refractivity contribution in [1.82, 2.24) is 9.72 Å². The fourth-order valence-corrected chi connectivity index (χ4v) is 2.00. The van der Waals surface area contributed by atoms with Crippen molar-refractivity contribution in [3.63, 3.8) is 0 Å². The van der Waals surface area contributed by atoms with E-state index in [4.69, 9.17) is 9.63 Å². The zero-order valence-electron chi connectivity index (χ0n) is 9.71. The van der Waals surface area contributed by atoms with Gasteiger partial charge >= 0.3 is 5.97 Å². The molecule has 1 N–H and O–H groups in total. The number of nitrogens with zero attached hydrogens (tertiary/aromatic N) is 2. The first kappa shape index (κ1) is 11.5. The summed E-state index contributed by atoms with van der Waals surface area (Å²) in [6.07, 6.45) is 2.90. The van der Waals surface area contributed by atoms with E-state index in [2.05, 4.69) is 5.16 Å². The van der Waals surface area contributed by atoms with E-state index in [-0.39, 0.29) is 23.7 Å². The highest BCUT2D eigenvalue weighted by atomic mass is 19.1. The van der Waals surface area contributed by atoms with Crippen molar-refractivity contribution in [2.24, 2.45) is 0 Å². The van der Waals surface area contributed by atoms with E-state index < -0.39 is 5.97 Å². The summed E-state index contributed by atoms with van der Waals surface area (Å²) in [5, 5.41) is 13.3. The second-order valence-electron chi connectivity index (χ2n) is 4.11. The topological polar surface area (TPSA) is 68.3 Å². The molecule has 0 bridgehead atoms. The Morgan fingerprint density at radius 3 is 3.05 bits per heavy atom. The van der Waals surface area contributed by atoms with E-state index in [0.717, 1.165) is 11.6 Å². The minimum atomic E-state index is -1.10. The largest absolute Gasteiger partial charge is 0.478 e. The Kier molecular flexibility index (Phi) is 2.56. The van der Waals surface area contributed by atoms with Crippen molar-refractivity contribution < 1.29 is 18.8 Å². The molecule has 3 rings (SSSR count). The minimum absolute atomic E-state index is 0.0123. The molecule has 0 aliphatic heterocycles. The van der Waals surface area contributed by atoms with Crippen LogP contribution in [0.15, 0.2) is 41.2 Å². The third-order valence-corrected chi connectivity index (χ3v) is 2.93. The van der Waals surface area contributed by atoms with Crippen LogP contribution in [-0.4, -0.2) is 20.8 Å². The SMILES string of the molecule is O=C(O)c1cnoc1Cn1ccc2ccc(F)cc21. The van der Waals surface area contributed by atoms with E-state index >= 15 is 0 Å². The van der Waals surface area contributed by atoms with Crippen LogP contribution >= 0.6 is 0 Å². The molecule has 2 heterocycles. The molecule has 0 amide bonds. The maximum atomic E-state index is 13.2. The quantitative estimate of drug-likeness (QED) is 0.785. The zero-order chi connectivity index (χ0) is 13.4. The molecule has 0 aliphatic carbocycles. The molecule has 0 atom stereocenters. The van der Waals surface area contributed by atoms with Crippen LogP contribution in [0.25, 0.3) is 10.9 Å². The number of carboxylic acids is 1. The first-order valence-electron chi connectivity index (χ1n) is 5.56. The number of carboxylic acid groups (broad SMARTS) is 1. The average molecular weight is 260 g/mol. The van der Waals surface area contributed by atoms with E-state index in [1.807, 2.05) is 6.07 Å². The maximum Gasteiger partial charge on any atom is 0.341 e. The molecule has 19 heavy (non-hydrogen) atoms. The molecule has 6 heteroatoms. The molecule has 0 spiro atoms. The highest BCUT2D eigenvalue weighted by Gasteiger charge is 2.16. The predicted octanol–water partition coefficient (Wildman–Crippen LogP) is 2.51. The van der Waals surface area contributed by atoms with E-state index in [1.165, 1.54) is 12.1 Å². The van der Waals surface area contributed by atoms with Crippen LogP contribution in [0.3, 0.4) is 0 Å². The summed E-state index contributed by atoms with van der Waals surface area (Å²) in [5.74, 6) is -1.21. The number of halogens is 1. The molecule has 5 nitrogen and oxygen atoms in total. The first-order chi connectivity index (χ1) is 9.15. The summed E-state index contributed by atoms with van der Waals surface area (Å²) in [6, 6.07) is 6.27. The van der Waals surface area contributed by atoms with Crippen LogP contribution < -0.4 is 0 Å². The predicted molar refractivity (Wildman–Crippen MR) is 64.5 cm³/mol. The van der Waals surface area contributed by atoms with Gasteiger partial charge in [-0.2, -0.15) is 0 Å². The van der Waals surface area contributed by atoms with Gasteiger partial charge in [-0.1, -0.05) is 5.16 Å². The minimum Gasteiger partial charge on any atom is -0.478 e. The van der Waals surface area contributed by atoms with Crippen molar-refractivity contribution in [2.75, 3.05) is 0 Å². The Hall–Kier alpha value is -2.63. The van der Waals surface area contributed by atoms with E-state index in [0.29, 0.717) is 5.52 Å². The number of aromatic carboxylic acids is 1. The van der Waals surface area contributed by atoms with Crippen LogP contribution in [0.1, 0.15) is 16.1 Å². The smallest absolute Gasteiger partial charge is 0.341 e. The maximum absolute atomic E-state index is 13.2. The molecule has 0 aliphatic rings. The van der Waals surface area contributed by atoms with E-state index in [1.54, 1.807) is 16.8 Å². The number of hydrogen-bond donors (Lipinski definition) is 1. The standard InChI is InChI=1S/C13H9FN2O3/c14-9-2-1-8-3-4-16(11(8)5-9)7-12-10(13(17)18)6-15-19-12/h1-6H,7H2,(H,17,18). The van der Waals surface area contributed by atoms with Crippen molar-refractivity contribution in [2.45, 2.75) is 6.54 Å². The molecule has 96 valence electrons. The molecule has 0 radical (unpaired) electrons. The van der Waals surface area contributed by atoms with Gasteiger partial charge in [0.15, 0.2) is 5.76 Å². The third kappa shape index (κ3) is 1.97. The number of fused-ring (bicyclic) bond motifs is 1. The second-order valence-corrected chi connectivity index (χ2v) is 4.11. The van der Waals surface area contributed by atoms with E-state index in [9.17, 15) is 9.18 Å². The van der Waals surface area contributed by atoms with Crippen LogP contribution in [0.5, 0.6) is 0 Å². The van der Waals surface area contributed by atoms with Gasteiger partial charge in [-0.3, -0.25) is 0 Å². The van der Waals surface area contributed by atoms with Gasteiger partial charge < -0.3 is 14.2 Å². The van der Waals surface area contributed by atoms with Crippen LogP contribution in [0.2, 0.25) is 0 Å². The summed E-state index contributed by atoms with van der Waals surface area (Å²) in [5.41, 5.74) is 0.686. The Labute approximate surface area is 106 Å².